The molecule has 0 amide bonds. The van der Waals surface area contributed by atoms with Gasteiger partial charge in [0.25, 0.3) is 0 Å². The lowest BCUT2D eigenvalue weighted by atomic mass is 9.99. The van der Waals surface area contributed by atoms with E-state index in [0.717, 1.165) is 29.5 Å². The van der Waals surface area contributed by atoms with Gasteiger partial charge in [-0.15, -0.1) is 0 Å². The van der Waals surface area contributed by atoms with Crippen molar-refractivity contribution in [3.8, 4) is 0 Å². The van der Waals surface area contributed by atoms with Crippen molar-refractivity contribution in [3.63, 3.8) is 0 Å². The molecule has 76 valence electrons. The quantitative estimate of drug-likeness (QED) is 0.767. The molecule has 0 heterocycles. The molecule has 0 saturated heterocycles. The molecule has 1 nitrogen and oxygen atoms in total. The van der Waals surface area contributed by atoms with E-state index in [4.69, 9.17) is 5.73 Å². The van der Waals surface area contributed by atoms with Crippen LogP contribution in [0.3, 0.4) is 0 Å². The molecular formula is C12H16FN. The smallest absolute Gasteiger partial charge is 0.129 e. The zero-order valence-corrected chi connectivity index (χ0v) is 8.73. The van der Waals surface area contributed by atoms with Crippen LogP contribution in [0, 0.1) is 19.7 Å². The zero-order valence-electron chi connectivity index (χ0n) is 8.73. The van der Waals surface area contributed by atoms with Gasteiger partial charge in [-0.2, -0.15) is 0 Å². The molecule has 2 N–H and O–H groups in total. The van der Waals surface area contributed by atoms with Crippen LogP contribution in [-0.4, -0.2) is 5.54 Å². The van der Waals surface area contributed by atoms with Crippen LogP contribution >= 0.6 is 0 Å². The average Bonchev–Trinajstić information content (AvgIpc) is 2.79. The Bertz CT molecular complexity index is 367. The van der Waals surface area contributed by atoms with Gasteiger partial charge in [-0.05, 0) is 44.2 Å². The highest BCUT2D eigenvalue weighted by atomic mass is 19.1. The summed E-state index contributed by atoms with van der Waals surface area (Å²) in [7, 11) is 0. The molecule has 2 rings (SSSR count). The van der Waals surface area contributed by atoms with E-state index in [9.17, 15) is 4.39 Å². The number of hydrogen-bond donors (Lipinski definition) is 1. The Morgan fingerprint density at radius 1 is 1.36 bits per heavy atom. The zero-order chi connectivity index (χ0) is 10.3. The predicted octanol–water partition coefficient (Wildman–Crippen LogP) is 2.48. The second kappa shape index (κ2) is 3.06. The fourth-order valence-electron chi connectivity index (χ4n) is 1.88. The summed E-state index contributed by atoms with van der Waals surface area (Å²) in [4.78, 5) is 0. The summed E-state index contributed by atoms with van der Waals surface area (Å²) in [5.41, 5.74) is 8.49. The van der Waals surface area contributed by atoms with Crippen molar-refractivity contribution in [1.82, 2.24) is 0 Å². The third-order valence-corrected chi connectivity index (χ3v) is 2.91. The molecule has 1 aliphatic carbocycles. The topological polar surface area (TPSA) is 26.0 Å². The summed E-state index contributed by atoms with van der Waals surface area (Å²) in [6, 6.07) is 3.78. The average molecular weight is 193 g/mol. The molecule has 0 spiro atoms. The van der Waals surface area contributed by atoms with Crippen LogP contribution in [0.2, 0.25) is 0 Å². The molecule has 0 aliphatic heterocycles. The molecule has 1 saturated carbocycles. The lowest BCUT2D eigenvalue weighted by Gasteiger charge is -2.11. The summed E-state index contributed by atoms with van der Waals surface area (Å²) in [5, 5.41) is 0. The van der Waals surface area contributed by atoms with Gasteiger partial charge in [-0.25, -0.2) is 4.39 Å². The van der Waals surface area contributed by atoms with Gasteiger partial charge < -0.3 is 5.73 Å². The van der Waals surface area contributed by atoms with Gasteiger partial charge in [-0.1, -0.05) is 17.7 Å². The highest BCUT2D eigenvalue weighted by Crippen LogP contribution is 2.36. The summed E-state index contributed by atoms with van der Waals surface area (Å²) >= 11 is 0. The van der Waals surface area contributed by atoms with Gasteiger partial charge in [0.15, 0.2) is 0 Å². The van der Waals surface area contributed by atoms with Crippen LogP contribution in [0.5, 0.6) is 0 Å². The number of rotatable bonds is 2. The van der Waals surface area contributed by atoms with Gasteiger partial charge in [0.1, 0.15) is 5.82 Å². The normalized spacial score (nSPS) is 18.3. The van der Waals surface area contributed by atoms with Crippen LogP contribution in [0.15, 0.2) is 12.1 Å². The van der Waals surface area contributed by atoms with Crippen molar-refractivity contribution in [2.75, 3.05) is 0 Å². The summed E-state index contributed by atoms with van der Waals surface area (Å²) in [5.74, 6) is -0.0766. The second-order valence-corrected chi connectivity index (χ2v) is 4.59. The highest BCUT2D eigenvalue weighted by molar-refractivity contribution is 5.32. The molecular weight excluding hydrogens is 177 g/mol. The molecule has 1 fully saturated rings. The van der Waals surface area contributed by atoms with E-state index in [0.29, 0.717) is 6.42 Å². The fraction of sp³-hybridized carbons (Fsp3) is 0.500. The summed E-state index contributed by atoms with van der Waals surface area (Å²) < 4.78 is 13.7. The van der Waals surface area contributed by atoms with Gasteiger partial charge in [-0.3, -0.25) is 0 Å². The van der Waals surface area contributed by atoms with Crippen molar-refractivity contribution in [2.45, 2.75) is 38.6 Å². The minimum absolute atomic E-state index is 0.0766. The molecule has 2 heteroatoms. The maximum atomic E-state index is 13.7. The number of hydrogen-bond acceptors (Lipinski definition) is 1. The monoisotopic (exact) mass is 193 g/mol. The molecule has 14 heavy (non-hydrogen) atoms. The fourth-order valence-corrected chi connectivity index (χ4v) is 1.88. The third-order valence-electron chi connectivity index (χ3n) is 2.91. The Hall–Kier alpha value is -0.890. The molecule has 0 radical (unpaired) electrons. The number of benzene rings is 1. The third kappa shape index (κ3) is 1.80. The first-order chi connectivity index (χ1) is 6.50. The largest absolute Gasteiger partial charge is 0.325 e. The Morgan fingerprint density at radius 2 is 2.00 bits per heavy atom. The molecule has 1 aromatic carbocycles. The first-order valence-electron chi connectivity index (χ1n) is 5.05. The van der Waals surface area contributed by atoms with E-state index >= 15 is 0 Å². The van der Waals surface area contributed by atoms with E-state index in [1.165, 1.54) is 0 Å². The van der Waals surface area contributed by atoms with Crippen molar-refractivity contribution < 1.29 is 4.39 Å². The molecule has 1 aliphatic rings. The van der Waals surface area contributed by atoms with Crippen LogP contribution in [0.4, 0.5) is 4.39 Å². The minimum Gasteiger partial charge on any atom is -0.325 e. The van der Waals surface area contributed by atoms with Crippen LogP contribution in [0.1, 0.15) is 29.5 Å². The molecule has 0 unspecified atom stereocenters. The predicted molar refractivity (Wildman–Crippen MR) is 55.7 cm³/mol. The Kier molecular flexibility index (Phi) is 2.11. The second-order valence-electron chi connectivity index (χ2n) is 4.59. The highest BCUT2D eigenvalue weighted by Gasteiger charge is 2.38. The van der Waals surface area contributed by atoms with Crippen molar-refractivity contribution in [1.29, 1.82) is 0 Å². The minimum atomic E-state index is -0.110. The van der Waals surface area contributed by atoms with Crippen LogP contribution < -0.4 is 5.73 Å². The molecule has 1 aromatic rings. The van der Waals surface area contributed by atoms with Crippen molar-refractivity contribution in [3.05, 3.63) is 34.6 Å². The maximum absolute atomic E-state index is 13.7. The van der Waals surface area contributed by atoms with Crippen molar-refractivity contribution in [2.24, 2.45) is 5.73 Å². The Morgan fingerprint density at radius 3 is 2.57 bits per heavy atom. The molecule has 0 aromatic heterocycles. The van der Waals surface area contributed by atoms with Crippen LogP contribution in [0.25, 0.3) is 0 Å². The Balaban J connectivity index is 2.32. The van der Waals surface area contributed by atoms with E-state index in [1.807, 2.05) is 26.0 Å². The van der Waals surface area contributed by atoms with Crippen molar-refractivity contribution >= 4 is 0 Å². The van der Waals surface area contributed by atoms with Gasteiger partial charge in [0.05, 0.1) is 0 Å². The van der Waals surface area contributed by atoms with Gasteiger partial charge in [0.2, 0.25) is 0 Å². The summed E-state index contributed by atoms with van der Waals surface area (Å²) in [6.45, 7) is 3.80. The number of nitrogens with two attached hydrogens (primary N) is 1. The van der Waals surface area contributed by atoms with E-state index < -0.39 is 0 Å². The summed E-state index contributed by atoms with van der Waals surface area (Å²) in [6.07, 6.45) is 2.74. The van der Waals surface area contributed by atoms with Gasteiger partial charge in [0, 0.05) is 5.54 Å². The van der Waals surface area contributed by atoms with E-state index in [-0.39, 0.29) is 11.4 Å². The Labute approximate surface area is 84.1 Å². The molecule has 0 bridgehead atoms. The maximum Gasteiger partial charge on any atom is 0.129 e. The first-order valence-corrected chi connectivity index (χ1v) is 5.05. The number of halogens is 1. The van der Waals surface area contributed by atoms with Gasteiger partial charge >= 0.3 is 0 Å². The standard InChI is InChI=1S/C12H16FN/c1-8-5-9(2)11(13)10(6-8)7-12(14)3-4-12/h5-6H,3-4,7,14H2,1-2H3. The lowest BCUT2D eigenvalue weighted by Crippen LogP contribution is -2.25. The van der Waals surface area contributed by atoms with Crippen LogP contribution in [-0.2, 0) is 6.42 Å². The molecule has 0 atom stereocenters. The lowest BCUT2D eigenvalue weighted by molar-refractivity contribution is 0.575. The number of aryl methyl sites for hydroxylation is 2. The van der Waals surface area contributed by atoms with E-state index in [2.05, 4.69) is 0 Å². The first kappa shape index (κ1) is 9.66. The SMILES string of the molecule is Cc1cc(C)c(F)c(CC2(N)CC2)c1. The van der Waals surface area contributed by atoms with E-state index in [1.54, 1.807) is 0 Å².